The van der Waals surface area contributed by atoms with E-state index in [1.165, 1.54) is 43.2 Å². The van der Waals surface area contributed by atoms with Crippen LogP contribution in [0.15, 0.2) is 9.98 Å². The normalized spacial score (nSPS) is 25.9. The molecule has 4 heterocycles. The molecule has 136 heavy (non-hydrogen) atoms. The summed E-state index contributed by atoms with van der Waals surface area (Å²) >= 11 is 8.53. The van der Waals surface area contributed by atoms with Crippen LogP contribution in [0.5, 0.6) is 0 Å². The molecule has 4 saturated heterocycles. The van der Waals surface area contributed by atoms with Crippen molar-refractivity contribution in [1.29, 1.82) is 0 Å². The standard InChI is InChI=1S/2C40H73N13O9S3.2C2H6.2H3N/c1-24(2)18-32(56)40(3)22-64-65-23-47-29(21-63)33(57)31(55)19-46-34(58)27(11-5-7-15-42)51-52-28(20-54)37(61)48-25(10-4-6-14-41)35(59)50-36(60)26(12-8-16-45-39(43)44)49-38(62)30-13-9-17-53(30)40;1-24(2)18-32(56)40(3)22-64-65-23-47-29(21-63)33(57)31(55)19-46-35(59)26(11-5-7-15-42)50-51-28(20-54)38(62)48-25(10-4-6-14-41)36(60)49-37(61)27(12-8-16-45-39(43)44)52-53-17-9-13-30(53)34(40)58;2*1-2;;/h24-30,47,51-52,54,63H,4-23,41-42H2,1-3H3,(H,46,58)(H,48,61)(H,49,62)(H4,43,44,45)(H,50,59,60);24-30,47,50-52,54,63H,4-23,41-42H2,1-3H3,(H,46,59)(H,48,62)(H4,43,44,45)(H,49,60,61);2*1-2H3;2*1H3/t25-,26-,27?,28?,29-,30-,40?;25-,26?,27-,28?,29-,30-,40?;;;;/m00..../s1. The molecule has 0 aromatic carbocycles. The number of Topliss-reactive ketones (excluding diaryl/α,β-unsaturated/α-hetero) is 7. The summed E-state index contributed by atoms with van der Waals surface area (Å²) in [7, 11) is 5.17. The number of hydrogen-bond acceptors (Lipinski definition) is 41. The van der Waals surface area contributed by atoms with Crippen LogP contribution in [0.4, 0.5) is 0 Å². The van der Waals surface area contributed by atoms with E-state index in [1.807, 2.05) is 60.3 Å². The fourth-order valence-corrected chi connectivity index (χ4v) is 19.6. The summed E-state index contributed by atoms with van der Waals surface area (Å²) in [4.78, 5) is 229. The number of nitrogens with zero attached hydrogens (tertiary/aromatic N) is 4. The fourth-order valence-electron chi connectivity index (χ4n) is 14.3. The summed E-state index contributed by atoms with van der Waals surface area (Å²) in [6.07, 6.45) is 7.19. The largest absolute Gasteiger partial charge is 0.394 e. The summed E-state index contributed by atoms with van der Waals surface area (Å²) in [5.41, 5.74) is 56.1. The molecule has 4 aliphatic rings. The summed E-state index contributed by atoms with van der Waals surface area (Å²) in [5, 5.41) is 45.8. The van der Waals surface area contributed by atoms with Gasteiger partial charge in [-0.15, -0.1) is 0 Å². The molecule has 0 radical (unpaired) electrons. The van der Waals surface area contributed by atoms with Crippen molar-refractivity contribution < 1.29 is 86.9 Å². The number of carbonyl (C=O) groups excluding carboxylic acids is 16. The highest BCUT2D eigenvalue weighted by atomic mass is 33.1. The lowest BCUT2D eigenvalue weighted by atomic mass is 9.77. The minimum Gasteiger partial charge on any atom is -0.394 e. The van der Waals surface area contributed by atoms with Crippen LogP contribution >= 0.6 is 68.4 Å². The van der Waals surface area contributed by atoms with E-state index < -0.39 is 186 Å². The Hall–Kier alpha value is -6.72. The quantitative estimate of drug-likeness (QED) is 0.00439. The molecule has 0 bridgehead atoms. The number of aliphatic imine (C=N–C) groups is 2. The van der Waals surface area contributed by atoms with Crippen LogP contribution in [-0.2, 0) is 76.7 Å². The number of aliphatic hydroxyl groups excluding tert-OH is 2. The molecule has 0 saturated carbocycles. The van der Waals surface area contributed by atoms with Crippen molar-refractivity contribution in [2.45, 2.75) is 289 Å². The number of imide groups is 2. The van der Waals surface area contributed by atoms with Gasteiger partial charge in [0.15, 0.2) is 23.5 Å². The van der Waals surface area contributed by atoms with Gasteiger partial charge in [-0.2, -0.15) is 25.3 Å². The molecular weight excluding hydrogens is 1880 g/mol. The van der Waals surface area contributed by atoms with Crippen LogP contribution < -0.4 is 133 Å². The molecule has 52 heteroatoms. The zero-order valence-corrected chi connectivity index (χ0v) is 86.2. The van der Waals surface area contributed by atoms with Crippen molar-refractivity contribution in [3.63, 3.8) is 0 Å². The summed E-state index contributed by atoms with van der Waals surface area (Å²) < 4.78 is 0. The van der Waals surface area contributed by atoms with Crippen LogP contribution in [-0.4, -0.2) is 317 Å². The predicted molar refractivity (Wildman–Crippen MR) is 542 cm³/mol. The maximum absolute atomic E-state index is 14.6. The molecule has 784 valence electrons. The highest BCUT2D eigenvalue weighted by molar-refractivity contribution is 8.77. The van der Waals surface area contributed by atoms with E-state index in [0.29, 0.717) is 116 Å². The smallest absolute Gasteiger partial charge is 0.249 e. The number of carbonyl (C=O) groups is 16. The second-order valence-corrected chi connectivity index (χ2v) is 39.1. The summed E-state index contributed by atoms with van der Waals surface area (Å²) in [5.74, 6) is -10.7. The third-order valence-electron chi connectivity index (χ3n) is 21.9. The van der Waals surface area contributed by atoms with Gasteiger partial charge in [0, 0.05) is 62.0 Å². The van der Waals surface area contributed by atoms with Crippen molar-refractivity contribution in [1.82, 2.24) is 97.2 Å². The van der Waals surface area contributed by atoms with Crippen molar-refractivity contribution in [3.8, 4) is 0 Å². The highest BCUT2D eigenvalue weighted by Gasteiger charge is 2.50. The van der Waals surface area contributed by atoms with Gasteiger partial charge in [-0.1, -0.05) is 111 Å². The molecule has 0 aromatic rings. The Morgan fingerprint density at radius 2 is 0.794 bits per heavy atom. The summed E-state index contributed by atoms with van der Waals surface area (Å²) in [6, 6.07) is -13.5. The SMILES string of the molecule is CC.CC.CC(C)CC(=O)C1(C)CSSCN[C@@H](CS)C(=O)C(=O)CNC(=O)C(CCCCN)NNC(CO)C(=O)N[C@@H](CCCCN)C(=O)NC(=O)[C@H](CCCN=C(N)N)NC(=O)[C@@H]2CCCN21.CC(C)CC(=O)C1(C)CSSCN[C@@H](CS)C(=O)C(=O)CNC(=O)C(CCCCN)NNC(CO)C(=O)N[C@@H](CCCCN)C(=O)NC(=O)[C@H](CCCN=C(N)N)NN2CCC[C@H]2C1=O.N.N. The Kier molecular flexibility index (Phi) is 71.7. The van der Waals surface area contributed by atoms with Gasteiger partial charge in [-0.05, 0) is 167 Å². The first kappa shape index (κ1) is 131. The lowest BCUT2D eigenvalue weighted by Gasteiger charge is -2.41. The van der Waals surface area contributed by atoms with E-state index in [9.17, 15) is 86.9 Å². The maximum atomic E-state index is 14.6. The average Bonchev–Trinajstić information content (AvgIpc) is 1.55. The van der Waals surface area contributed by atoms with Crippen LogP contribution in [0.2, 0.25) is 0 Å². The number of fused-ring (bicyclic) bond motifs is 2. The average molecular weight is 2050 g/mol. The zero-order chi connectivity index (χ0) is 101. The first-order chi connectivity index (χ1) is 63.9. The lowest BCUT2D eigenvalue weighted by molar-refractivity contribution is -0.144. The van der Waals surface area contributed by atoms with Crippen LogP contribution in [0.3, 0.4) is 0 Å². The van der Waals surface area contributed by atoms with E-state index in [0.717, 1.165) is 0 Å². The third kappa shape index (κ3) is 48.2. The molecule has 14 atom stereocenters. The van der Waals surface area contributed by atoms with Crippen LogP contribution in [0.25, 0.3) is 0 Å². The van der Waals surface area contributed by atoms with E-state index >= 15 is 0 Å². The van der Waals surface area contributed by atoms with Crippen molar-refractivity contribution in [2.24, 2.45) is 73.1 Å². The number of aliphatic hydroxyl groups is 2. The number of ketones is 7. The molecular formula is C84H164N28O18S6. The molecule has 6 unspecified atom stereocenters. The number of amides is 9. The number of hydrazine groups is 3. The maximum Gasteiger partial charge on any atom is 0.249 e. The minimum atomic E-state index is -1.46. The van der Waals surface area contributed by atoms with Gasteiger partial charge in [0.2, 0.25) is 76.3 Å². The number of thiol groups is 2. The first-order valence-corrected chi connectivity index (χ1v) is 52.6. The second-order valence-electron chi connectivity index (χ2n) is 33.4. The van der Waals surface area contributed by atoms with Gasteiger partial charge < -0.3 is 95.0 Å². The molecule has 0 spiro atoms. The molecule has 46 nitrogen and oxygen atoms in total. The molecule has 0 aliphatic carbocycles. The number of nitrogens with one attached hydrogen (secondary N) is 14. The van der Waals surface area contributed by atoms with Crippen LogP contribution in [0, 0.1) is 17.3 Å². The van der Waals surface area contributed by atoms with Gasteiger partial charge in [-0.3, -0.25) is 113 Å². The first-order valence-electron chi connectivity index (χ1n) is 46.4. The van der Waals surface area contributed by atoms with Crippen molar-refractivity contribution >= 4 is 174 Å². The van der Waals surface area contributed by atoms with E-state index in [2.05, 4.69) is 110 Å². The topological polar surface area (TPSA) is 791 Å². The van der Waals surface area contributed by atoms with Crippen molar-refractivity contribution in [2.75, 3.05) is 113 Å². The van der Waals surface area contributed by atoms with Crippen molar-refractivity contribution in [3.05, 3.63) is 0 Å². The molecule has 9 amide bonds. The van der Waals surface area contributed by atoms with Gasteiger partial charge >= 0.3 is 0 Å². The Balaban J connectivity index is 0. The van der Waals surface area contributed by atoms with Crippen LogP contribution in [0.1, 0.15) is 210 Å². The van der Waals surface area contributed by atoms with Gasteiger partial charge in [0.1, 0.15) is 42.0 Å². The minimum absolute atomic E-state index is 0. The predicted octanol–water partition coefficient (Wildman–Crippen LogP) is -3.28. The number of rotatable bonds is 34. The van der Waals surface area contributed by atoms with E-state index in [-0.39, 0.29) is 166 Å². The summed E-state index contributed by atoms with van der Waals surface area (Å²) in [6.45, 7) is 18.5. The van der Waals surface area contributed by atoms with E-state index in [1.54, 1.807) is 18.9 Å². The number of nitrogens with two attached hydrogens (primary N) is 8. The molecule has 4 aliphatic heterocycles. The second kappa shape index (κ2) is 74.3. The van der Waals surface area contributed by atoms with Gasteiger partial charge in [0.25, 0.3) is 0 Å². The highest BCUT2D eigenvalue weighted by Crippen LogP contribution is 2.38. The Bertz CT molecular complexity index is 3720. The zero-order valence-electron chi connectivity index (χ0n) is 81.1. The van der Waals surface area contributed by atoms with E-state index in [4.69, 9.17) is 45.9 Å². The Morgan fingerprint density at radius 1 is 0.441 bits per heavy atom. The number of hydrogen-bond donors (Lipinski definition) is 28. The molecule has 38 N–H and O–H groups in total. The Morgan fingerprint density at radius 3 is 1.18 bits per heavy atom. The lowest BCUT2D eigenvalue weighted by Crippen LogP contribution is -2.62. The van der Waals surface area contributed by atoms with Gasteiger partial charge in [0.05, 0.1) is 85.3 Å². The number of unbranched alkanes of at least 4 members (excludes halogenated alkanes) is 4. The fraction of sp³-hybridized carbons (Fsp3) is 0.786. The number of guanidine groups is 2. The Labute approximate surface area is 828 Å². The van der Waals surface area contributed by atoms with Gasteiger partial charge in [-0.25, -0.2) is 32.1 Å². The monoisotopic (exact) mass is 2050 g/mol. The molecule has 0 aromatic heterocycles. The molecule has 4 rings (SSSR count). The molecule has 4 fully saturated rings. The third-order valence-corrected chi connectivity index (χ3v) is 27.3.